The Bertz CT molecular complexity index is 1480. The van der Waals surface area contributed by atoms with Crippen LogP contribution in [0.15, 0.2) is 28.3 Å². The normalized spacial score (nSPS) is 23.9. The molecule has 214 valence electrons. The van der Waals surface area contributed by atoms with E-state index in [2.05, 4.69) is 10.5 Å². The third kappa shape index (κ3) is 4.68. The molecule has 1 aromatic heterocycles. The number of nitrogens with one attached hydrogen (secondary N) is 1. The van der Waals surface area contributed by atoms with Gasteiger partial charge >= 0.3 is 6.18 Å². The van der Waals surface area contributed by atoms with Crippen LogP contribution in [0, 0.1) is 18.6 Å². The van der Waals surface area contributed by atoms with Crippen LogP contribution in [0.3, 0.4) is 0 Å². The molecule has 1 saturated heterocycles. The largest absolute Gasteiger partial charge is 0.503 e. The molecule has 5 rings (SSSR count). The van der Waals surface area contributed by atoms with E-state index in [0.717, 1.165) is 18.3 Å². The Hall–Kier alpha value is -3.97. The minimum Gasteiger partial charge on any atom is -0.503 e. The molecule has 2 aromatic rings. The van der Waals surface area contributed by atoms with Crippen LogP contribution in [-0.2, 0) is 11.4 Å². The van der Waals surface area contributed by atoms with E-state index in [1.807, 2.05) is 0 Å². The number of halogens is 5. The number of carbonyl (C=O) groups excluding carboxylic acids is 2. The molecule has 9 nitrogen and oxygen atoms in total. The lowest BCUT2D eigenvalue weighted by atomic mass is 9.83. The van der Waals surface area contributed by atoms with Crippen molar-refractivity contribution in [3.05, 3.63) is 62.6 Å². The number of aromatic hydroxyl groups is 1. The van der Waals surface area contributed by atoms with E-state index in [-0.39, 0.29) is 25.1 Å². The van der Waals surface area contributed by atoms with Crippen LogP contribution in [0.5, 0.6) is 5.75 Å². The molecule has 0 aliphatic carbocycles. The van der Waals surface area contributed by atoms with E-state index in [4.69, 9.17) is 4.84 Å². The van der Waals surface area contributed by atoms with E-state index < -0.39 is 88.3 Å². The summed E-state index contributed by atoms with van der Waals surface area (Å²) in [4.78, 5) is 46.4. The number of aromatic nitrogens is 1. The van der Waals surface area contributed by atoms with E-state index in [9.17, 15) is 41.4 Å². The van der Waals surface area contributed by atoms with E-state index in [0.29, 0.717) is 12.0 Å². The van der Waals surface area contributed by atoms with E-state index in [1.54, 1.807) is 6.92 Å². The summed E-state index contributed by atoms with van der Waals surface area (Å²) in [6.45, 7) is 2.56. The quantitative estimate of drug-likeness (QED) is 0.546. The van der Waals surface area contributed by atoms with Gasteiger partial charge in [-0.05, 0) is 44.4 Å². The van der Waals surface area contributed by atoms with Crippen LogP contribution < -0.4 is 10.7 Å². The third-order valence-corrected chi connectivity index (χ3v) is 7.72. The predicted molar refractivity (Wildman–Crippen MR) is 130 cm³/mol. The Morgan fingerprint density at radius 1 is 1.25 bits per heavy atom. The predicted octanol–water partition coefficient (Wildman–Crippen LogP) is 3.72. The fourth-order valence-corrected chi connectivity index (χ4v) is 5.67. The van der Waals surface area contributed by atoms with Gasteiger partial charge in [0.1, 0.15) is 17.2 Å². The number of hydrogen-bond acceptors (Lipinski definition) is 6. The molecule has 0 unspecified atom stereocenters. The molecule has 1 spiro atoms. The first-order chi connectivity index (χ1) is 18.7. The Kier molecular flexibility index (Phi) is 6.62. The number of benzene rings is 1. The summed E-state index contributed by atoms with van der Waals surface area (Å²) in [7, 11) is 0. The van der Waals surface area contributed by atoms with Crippen LogP contribution in [0.4, 0.5) is 22.0 Å². The number of carbonyl (C=O) groups is 2. The number of alkyl halides is 3. The number of amides is 2. The lowest BCUT2D eigenvalue weighted by molar-refractivity contribution is -0.121. The average molecular weight is 568 g/mol. The zero-order valence-electron chi connectivity index (χ0n) is 21.4. The number of oxime groups is 1. The molecule has 0 radical (unpaired) electrons. The number of pyridine rings is 1. The maximum Gasteiger partial charge on any atom is 0.394 e. The molecular weight excluding hydrogens is 543 g/mol. The number of hydrogen-bond donors (Lipinski definition) is 2. The van der Waals surface area contributed by atoms with Crippen molar-refractivity contribution in [3.63, 3.8) is 0 Å². The van der Waals surface area contributed by atoms with E-state index in [1.165, 1.54) is 16.4 Å². The number of rotatable bonds is 4. The van der Waals surface area contributed by atoms with Gasteiger partial charge in [0.2, 0.25) is 5.43 Å². The van der Waals surface area contributed by atoms with Crippen LogP contribution in [0.25, 0.3) is 0 Å². The highest BCUT2D eigenvalue weighted by atomic mass is 19.4. The summed E-state index contributed by atoms with van der Waals surface area (Å²) < 4.78 is 69.0. The van der Waals surface area contributed by atoms with Crippen LogP contribution in [-0.4, -0.2) is 56.5 Å². The molecule has 3 aliphatic heterocycles. The van der Waals surface area contributed by atoms with Gasteiger partial charge in [-0.15, -0.1) is 0 Å². The maximum absolute atomic E-state index is 14.3. The first kappa shape index (κ1) is 27.6. The van der Waals surface area contributed by atoms with Crippen LogP contribution in [0.1, 0.15) is 70.6 Å². The first-order valence-electron chi connectivity index (χ1n) is 12.5. The van der Waals surface area contributed by atoms with Crippen molar-refractivity contribution in [1.29, 1.82) is 0 Å². The average Bonchev–Trinajstić information content (AvgIpc) is 3.20. The summed E-state index contributed by atoms with van der Waals surface area (Å²) in [6.07, 6.45) is -4.46. The molecule has 2 amide bonds. The lowest BCUT2D eigenvalue weighted by Gasteiger charge is -2.41. The highest BCUT2D eigenvalue weighted by Gasteiger charge is 2.55. The van der Waals surface area contributed by atoms with Crippen molar-refractivity contribution in [2.45, 2.75) is 69.9 Å². The number of fused-ring (bicyclic) bond motifs is 5. The van der Waals surface area contributed by atoms with E-state index >= 15 is 0 Å². The molecule has 3 atom stereocenters. The van der Waals surface area contributed by atoms with Gasteiger partial charge in [-0.2, -0.15) is 13.2 Å². The molecule has 4 heterocycles. The van der Waals surface area contributed by atoms with Crippen LogP contribution >= 0.6 is 0 Å². The molecule has 14 heteroatoms. The lowest BCUT2D eigenvalue weighted by Crippen LogP contribution is -2.52. The van der Waals surface area contributed by atoms with Gasteiger partial charge in [-0.3, -0.25) is 14.4 Å². The molecule has 3 aliphatic rings. The standard InChI is InChI=1S/C26H25F5N4O5/c1-12-5-17(27)15(18(28)6-12)9-32-23(38)16-10-35-19-11-34(24(39)20(35)22(37)21(16)36)13(2)3-4-25(19)7-14(33-40-25)8-26(29,30)31/h5-6,10,13,19,37H,3-4,7-9,11H2,1-2H3,(H,32,38)/t13-,19+,25-/m0/s1. The van der Waals surface area contributed by atoms with Crippen molar-refractivity contribution < 1.29 is 41.5 Å². The van der Waals surface area contributed by atoms with Gasteiger partial charge in [0.25, 0.3) is 11.8 Å². The van der Waals surface area contributed by atoms with Crippen molar-refractivity contribution >= 4 is 17.5 Å². The van der Waals surface area contributed by atoms with Gasteiger partial charge in [-0.25, -0.2) is 8.78 Å². The fraction of sp³-hybridized carbons (Fsp3) is 0.462. The third-order valence-electron chi connectivity index (χ3n) is 7.72. The summed E-state index contributed by atoms with van der Waals surface area (Å²) in [6, 6.07) is 0.843. The molecule has 2 bridgehead atoms. The Labute approximate surface area is 224 Å². The smallest absolute Gasteiger partial charge is 0.394 e. The summed E-state index contributed by atoms with van der Waals surface area (Å²) >= 11 is 0. The molecule has 40 heavy (non-hydrogen) atoms. The van der Waals surface area contributed by atoms with Crippen LogP contribution in [0.2, 0.25) is 0 Å². The highest BCUT2D eigenvalue weighted by Crippen LogP contribution is 2.47. The van der Waals surface area contributed by atoms with Gasteiger partial charge < -0.3 is 24.7 Å². The van der Waals surface area contributed by atoms with Gasteiger partial charge in [-0.1, -0.05) is 5.16 Å². The van der Waals surface area contributed by atoms with Crippen molar-refractivity contribution in [2.75, 3.05) is 6.54 Å². The van der Waals surface area contributed by atoms with Gasteiger partial charge in [0.15, 0.2) is 17.0 Å². The van der Waals surface area contributed by atoms with Crippen molar-refractivity contribution in [1.82, 2.24) is 14.8 Å². The molecule has 0 saturated carbocycles. The topological polar surface area (TPSA) is 113 Å². The molecule has 1 aromatic carbocycles. The molecule has 1 fully saturated rings. The second-order valence-electron chi connectivity index (χ2n) is 10.5. The maximum atomic E-state index is 14.3. The number of nitrogens with zero attached hydrogens (tertiary/aromatic N) is 3. The minimum absolute atomic E-state index is 0.0367. The summed E-state index contributed by atoms with van der Waals surface area (Å²) in [5.41, 5.74) is -3.96. The Morgan fingerprint density at radius 2 is 1.93 bits per heavy atom. The van der Waals surface area contributed by atoms with Crippen molar-refractivity contribution in [2.24, 2.45) is 5.16 Å². The zero-order valence-corrected chi connectivity index (χ0v) is 21.4. The highest BCUT2D eigenvalue weighted by molar-refractivity contribution is 5.99. The SMILES string of the molecule is Cc1cc(F)c(CNC(=O)c2cn3c(c(O)c2=O)C(=O)N2C[C@@H]3[C@]3(CC[C@@H]2C)CC(CC(F)(F)F)=NO3)c(F)c1. The second-order valence-corrected chi connectivity index (χ2v) is 10.5. The Balaban J connectivity index is 1.53. The second kappa shape index (κ2) is 9.59. The zero-order chi connectivity index (χ0) is 29.1. The first-order valence-corrected chi connectivity index (χ1v) is 12.5. The monoisotopic (exact) mass is 568 g/mol. The molecular formula is C26H25F5N4O5. The summed E-state index contributed by atoms with van der Waals surface area (Å²) in [5.74, 6) is -4.62. The minimum atomic E-state index is -4.53. The van der Waals surface area contributed by atoms with Gasteiger partial charge in [0.05, 0.1) is 18.2 Å². The summed E-state index contributed by atoms with van der Waals surface area (Å²) in [5, 5.41) is 16.8. The Morgan fingerprint density at radius 3 is 2.58 bits per heavy atom. The molecule has 2 N–H and O–H groups in total. The van der Waals surface area contributed by atoms with Gasteiger partial charge in [0, 0.05) is 37.3 Å². The number of aryl methyl sites for hydroxylation is 1. The fourth-order valence-electron chi connectivity index (χ4n) is 5.67. The van der Waals surface area contributed by atoms with Crippen molar-refractivity contribution in [3.8, 4) is 5.75 Å².